The van der Waals surface area contributed by atoms with Gasteiger partial charge in [-0.05, 0) is 31.5 Å². The van der Waals surface area contributed by atoms with Crippen LogP contribution in [0.2, 0.25) is 0 Å². The molecule has 0 spiro atoms. The molecule has 1 aromatic rings. The Morgan fingerprint density at radius 1 is 1.18 bits per heavy atom. The lowest BCUT2D eigenvalue weighted by atomic mass is 10.0. The zero-order chi connectivity index (χ0) is 17.1. The predicted molar refractivity (Wildman–Crippen MR) is 71.3 cm³/mol. The minimum atomic E-state index is -4.77. The average molecular weight is 319 g/mol. The molecule has 8 heteroatoms. The van der Waals surface area contributed by atoms with Gasteiger partial charge in [0.05, 0.1) is 6.42 Å². The summed E-state index contributed by atoms with van der Waals surface area (Å²) < 4.78 is 39.8. The second-order valence-electron chi connectivity index (χ2n) is 5.19. The average Bonchev–Trinajstić information content (AvgIpc) is 2.38. The molecule has 5 nitrogen and oxygen atoms in total. The smallest absolute Gasteiger partial charge is 0.480 e. The summed E-state index contributed by atoms with van der Waals surface area (Å²) in [7, 11) is 1.36. The lowest BCUT2D eigenvalue weighted by Gasteiger charge is -2.31. The normalized spacial score (nSPS) is 11.9. The maximum absolute atomic E-state index is 12.0. The Morgan fingerprint density at radius 2 is 1.68 bits per heavy atom. The third-order valence-corrected chi connectivity index (χ3v) is 3.25. The lowest BCUT2D eigenvalue weighted by Crippen LogP contribution is -2.51. The van der Waals surface area contributed by atoms with Crippen molar-refractivity contribution in [1.82, 2.24) is 4.90 Å². The third-order valence-electron chi connectivity index (χ3n) is 3.25. The van der Waals surface area contributed by atoms with Crippen LogP contribution in [0.3, 0.4) is 0 Å². The van der Waals surface area contributed by atoms with E-state index in [1.165, 1.54) is 33.0 Å². The Balaban J connectivity index is 2.75. The number of alkyl halides is 3. The number of carboxylic acids is 1. The van der Waals surface area contributed by atoms with Crippen LogP contribution in [0.25, 0.3) is 0 Å². The van der Waals surface area contributed by atoms with Crippen molar-refractivity contribution in [2.24, 2.45) is 0 Å². The van der Waals surface area contributed by atoms with Crippen LogP contribution >= 0.6 is 0 Å². The number of aliphatic carboxylic acids is 1. The van der Waals surface area contributed by atoms with E-state index in [1.54, 1.807) is 0 Å². The fraction of sp³-hybridized carbons (Fsp3) is 0.429. The van der Waals surface area contributed by atoms with Gasteiger partial charge < -0.3 is 14.7 Å². The highest BCUT2D eigenvalue weighted by Crippen LogP contribution is 2.23. The minimum absolute atomic E-state index is 0.125. The molecule has 1 N–H and O–H groups in total. The van der Waals surface area contributed by atoms with Crippen molar-refractivity contribution in [3.63, 3.8) is 0 Å². The van der Waals surface area contributed by atoms with Crippen molar-refractivity contribution in [1.29, 1.82) is 0 Å². The van der Waals surface area contributed by atoms with Gasteiger partial charge in [-0.2, -0.15) is 0 Å². The Labute approximate surface area is 125 Å². The fourth-order valence-corrected chi connectivity index (χ4v) is 1.56. The maximum Gasteiger partial charge on any atom is 0.573 e. The first-order valence-electron chi connectivity index (χ1n) is 6.28. The number of carbonyl (C=O) groups excluding carboxylic acids is 1. The number of ether oxygens (including phenoxy) is 1. The fourth-order valence-electron chi connectivity index (χ4n) is 1.56. The molecular weight excluding hydrogens is 303 g/mol. The van der Waals surface area contributed by atoms with Gasteiger partial charge in [0.15, 0.2) is 0 Å². The van der Waals surface area contributed by atoms with Crippen molar-refractivity contribution in [3.05, 3.63) is 29.8 Å². The largest absolute Gasteiger partial charge is 0.573 e. The molecule has 0 aromatic heterocycles. The van der Waals surface area contributed by atoms with Crippen LogP contribution in [0.5, 0.6) is 5.75 Å². The van der Waals surface area contributed by atoms with Crippen molar-refractivity contribution in [3.8, 4) is 5.75 Å². The van der Waals surface area contributed by atoms with E-state index in [4.69, 9.17) is 5.11 Å². The molecule has 0 fully saturated rings. The summed E-state index contributed by atoms with van der Waals surface area (Å²) in [4.78, 5) is 24.2. The van der Waals surface area contributed by atoms with Crippen LogP contribution in [0, 0.1) is 0 Å². The zero-order valence-corrected chi connectivity index (χ0v) is 12.3. The number of hydrogen-bond acceptors (Lipinski definition) is 3. The number of nitrogens with zero attached hydrogens (tertiary/aromatic N) is 1. The number of benzene rings is 1. The molecule has 0 aliphatic carbocycles. The van der Waals surface area contributed by atoms with E-state index >= 15 is 0 Å². The van der Waals surface area contributed by atoms with Crippen LogP contribution in [0.1, 0.15) is 19.4 Å². The highest BCUT2D eigenvalue weighted by molar-refractivity contribution is 5.87. The number of halogens is 3. The number of amides is 1. The highest BCUT2D eigenvalue weighted by atomic mass is 19.4. The zero-order valence-electron chi connectivity index (χ0n) is 12.3. The van der Waals surface area contributed by atoms with Gasteiger partial charge in [0, 0.05) is 7.05 Å². The molecule has 0 saturated heterocycles. The molecule has 0 saturated carbocycles. The topological polar surface area (TPSA) is 66.8 Å². The molecule has 1 amide bonds. The summed E-state index contributed by atoms with van der Waals surface area (Å²) in [6, 6.07) is 4.83. The van der Waals surface area contributed by atoms with E-state index in [-0.39, 0.29) is 12.2 Å². The van der Waals surface area contributed by atoms with E-state index in [2.05, 4.69) is 4.74 Å². The van der Waals surface area contributed by atoms with Crippen LogP contribution in [0.4, 0.5) is 13.2 Å². The molecule has 0 atom stereocenters. The lowest BCUT2D eigenvalue weighted by molar-refractivity contribution is -0.274. The first kappa shape index (κ1) is 17.8. The first-order valence-corrected chi connectivity index (χ1v) is 6.28. The first-order chi connectivity index (χ1) is 9.93. The Morgan fingerprint density at radius 3 is 2.09 bits per heavy atom. The van der Waals surface area contributed by atoms with Gasteiger partial charge in [0.1, 0.15) is 11.3 Å². The van der Waals surface area contributed by atoms with E-state index < -0.39 is 23.8 Å². The number of hydrogen-bond donors (Lipinski definition) is 1. The number of carbonyl (C=O) groups is 2. The van der Waals surface area contributed by atoms with Gasteiger partial charge in [-0.3, -0.25) is 4.79 Å². The van der Waals surface area contributed by atoms with Crippen molar-refractivity contribution in [2.75, 3.05) is 7.05 Å². The second kappa shape index (κ2) is 6.25. The molecule has 0 bridgehead atoms. The van der Waals surface area contributed by atoms with Gasteiger partial charge in [0.2, 0.25) is 5.91 Å². The Kier molecular flexibility index (Phi) is 5.05. The summed E-state index contributed by atoms with van der Waals surface area (Å²) >= 11 is 0. The van der Waals surface area contributed by atoms with Crippen molar-refractivity contribution >= 4 is 11.9 Å². The number of carboxylic acid groups (broad SMARTS) is 1. The summed E-state index contributed by atoms with van der Waals surface area (Å²) in [5, 5.41) is 9.05. The number of likely N-dealkylation sites (N-methyl/N-ethyl adjacent to an activating group) is 1. The van der Waals surface area contributed by atoms with Gasteiger partial charge in [-0.25, -0.2) is 4.79 Å². The van der Waals surface area contributed by atoms with Crippen LogP contribution in [0.15, 0.2) is 24.3 Å². The maximum atomic E-state index is 12.0. The molecule has 1 aromatic carbocycles. The molecule has 0 heterocycles. The van der Waals surface area contributed by atoms with E-state index in [1.807, 2.05) is 0 Å². The van der Waals surface area contributed by atoms with E-state index in [9.17, 15) is 22.8 Å². The third kappa shape index (κ3) is 4.64. The Hall–Kier alpha value is -2.25. The van der Waals surface area contributed by atoms with Gasteiger partial charge >= 0.3 is 12.3 Å². The molecule has 0 radical (unpaired) electrons. The monoisotopic (exact) mass is 319 g/mol. The predicted octanol–water partition coefficient (Wildman–Crippen LogP) is 2.45. The van der Waals surface area contributed by atoms with Gasteiger partial charge in [0.25, 0.3) is 0 Å². The summed E-state index contributed by atoms with van der Waals surface area (Å²) in [6.45, 7) is 2.76. The minimum Gasteiger partial charge on any atom is -0.480 e. The van der Waals surface area contributed by atoms with Gasteiger partial charge in [-0.1, -0.05) is 12.1 Å². The summed E-state index contributed by atoms with van der Waals surface area (Å²) in [5.74, 6) is -2.00. The summed E-state index contributed by atoms with van der Waals surface area (Å²) in [5.41, 5.74) is -0.927. The molecular formula is C14H16F3NO4. The van der Waals surface area contributed by atoms with Crippen LogP contribution < -0.4 is 4.74 Å². The van der Waals surface area contributed by atoms with Gasteiger partial charge in [-0.15, -0.1) is 13.2 Å². The standard InChI is InChI=1S/C14H16F3NO4/c1-13(2,12(20)21)18(3)11(19)8-9-4-6-10(7-5-9)22-14(15,16)17/h4-7H,8H2,1-3H3,(H,20,21). The van der Waals surface area contributed by atoms with E-state index in [0.29, 0.717) is 5.56 Å². The molecule has 1 rings (SSSR count). The molecule has 22 heavy (non-hydrogen) atoms. The Bertz CT molecular complexity index is 552. The molecule has 0 aliphatic rings. The molecule has 0 aliphatic heterocycles. The van der Waals surface area contributed by atoms with Crippen LogP contribution in [-0.4, -0.2) is 40.8 Å². The second-order valence-corrected chi connectivity index (χ2v) is 5.19. The molecule has 0 unspecified atom stereocenters. The van der Waals surface area contributed by atoms with E-state index in [0.717, 1.165) is 17.0 Å². The quantitative estimate of drug-likeness (QED) is 0.905. The van der Waals surface area contributed by atoms with Crippen LogP contribution in [-0.2, 0) is 16.0 Å². The van der Waals surface area contributed by atoms with Crippen molar-refractivity contribution < 1.29 is 32.6 Å². The van der Waals surface area contributed by atoms with Crippen molar-refractivity contribution in [2.45, 2.75) is 32.2 Å². The number of rotatable bonds is 5. The SMILES string of the molecule is CN(C(=O)Cc1ccc(OC(F)(F)F)cc1)C(C)(C)C(=O)O. The highest BCUT2D eigenvalue weighted by Gasteiger charge is 2.35. The summed E-state index contributed by atoms with van der Waals surface area (Å²) in [6.07, 6.45) is -4.90. The molecule has 122 valence electrons.